The summed E-state index contributed by atoms with van der Waals surface area (Å²) in [5.41, 5.74) is 0.920. The van der Waals surface area contributed by atoms with E-state index >= 15 is 0 Å². The second-order valence-electron chi connectivity index (χ2n) is 4.44. The lowest BCUT2D eigenvalue weighted by Gasteiger charge is -2.31. The van der Waals surface area contributed by atoms with Gasteiger partial charge in [-0.25, -0.2) is 0 Å². The molecule has 0 aromatic heterocycles. The molecule has 4 heteroatoms. The maximum atomic E-state index is 10.3. The molecule has 0 saturated carbocycles. The molecule has 0 aliphatic rings. The van der Waals surface area contributed by atoms with Crippen molar-refractivity contribution >= 4 is 0 Å². The summed E-state index contributed by atoms with van der Waals surface area (Å²) in [7, 11) is 5.17. The summed E-state index contributed by atoms with van der Waals surface area (Å²) in [6.07, 6.45) is -0.800. The minimum absolute atomic E-state index is 0.0137. The summed E-state index contributed by atoms with van der Waals surface area (Å²) >= 11 is 0. The van der Waals surface area contributed by atoms with E-state index in [-0.39, 0.29) is 12.3 Å². The van der Waals surface area contributed by atoms with Gasteiger partial charge in [0.25, 0.3) is 0 Å². The van der Waals surface area contributed by atoms with E-state index in [9.17, 15) is 5.11 Å². The summed E-state index contributed by atoms with van der Waals surface area (Å²) in [6.45, 7) is 2.60. The number of benzene rings is 1. The number of likely N-dealkylation sites (N-methyl/N-ethyl adjacent to an activating group) is 1. The smallest absolute Gasteiger partial charge is 0.169 e. The molecule has 102 valence electrons. The first-order valence-corrected chi connectivity index (χ1v) is 6.09. The number of hydrogen-bond acceptors (Lipinski definition) is 4. The number of nitrogens with zero attached hydrogens (tertiary/aromatic N) is 1. The average Bonchev–Trinajstić information content (AvgIpc) is 2.43. The molecule has 0 amide bonds. The highest BCUT2D eigenvalue weighted by Gasteiger charge is 2.22. The Morgan fingerprint density at radius 1 is 1.17 bits per heavy atom. The number of rotatable bonds is 7. The topological polar surface area (TPSA) is 41.9 Å². The second-order valence-corrected chi connectivity index (χ2v) is 4.44. The number of ether oxygens (including phenoxy) is 2. The van der Waals surface area contributed by atoms with Gasteiger partial charge in [0.15, 0.2) is 6.29 Å². The van der Waals surface area contributed by atoms with Gasteiger partial charge in [0.1, 0.15) is 0 Å². The zero-order valence-electron chi connectivity index (χ0n) is 11.5. The summed E-state index contributed by atoms with van der Waals surface area (Å²) in [5.74, 6) is 0. The molecule has 0 spiro atoms. The van der Waals surface area contributed by atoms with E-state index in [0.717, 1.165) is 5.56 Å². The van der Waals surface area contributed by atoms with Crippen LogP contribution in [0, 0.1) is 0 Å². The first-order chi connectivity index (χ1) is 8.60. The lowest BCUT2D eigenvalue weighted by Crippen LogP contribution is -2.40. The van der Waals surface area contributed by atoms with E-state index in [1.165, 1.54) is 0 Å². The van der Waals surface area contributed by atoms with Crippen LogP contribution in [0.15, 0.2) is 30.3 Å². The normalized spacial score (nSPS) is 15.1. The van der Waals surface area contributed by atoms with Crippen molar-refractivity contribution < 1.29 is 14.6 Å². The van der Waals surface area contributed by atoms with Crippen LogP contribution in [0.3, 0.4) is 0 Å². The second kappa shape index (κ2) is 7.48. The third kappa shape index (κ3) is 4.07. The van der Waals surface area contributed by atoms with Gasteiger partial charge in [0, 0.05) is 26.8 Å². The monoisotopic (exact) mass is 253 g/mol. The highest BCUT2D eigenvalue weighted by molar-refractivity contribution is 5.18. The Labute approximate surface area is 109 Å². The predicted molar refractivity (Wildman–Crippen MR) is 71.3 cm³/mol. The van der Waals surface area contributed by atoms with Gasteiger partial charge in [-0.2, -0.15) is 0 Å². The zero-order chi connectivity index (χ0) is 13.5. The molecule has 1 rings (SSSR count). The molecular formula is C14H23NO3. The van der Waals surface area contributed by atoms with E-state index < -0.39 is 6.10 Å². The quantitative estimate of drug-likeness (QED) is 0.750. The fourth-order valence-corrected chi connectivity index (χ4v) is 1.82. The van der Waals surface area contributed by atoms with Crippen molar-refractivity contribution in [2.75, 3.05) is 27.8 Å². The molecule has 1 aromatic rings. The highest BCUT2D eigenvalue weighted by atomic mass is 16.7. The van der Waals surface area contributed by atoms with Gasteiger partial charge in [-0.3, -0.25) is 4.90 Å². The Bertz CT molecular complexity index is 327. The molecule has 0 saturated heterocycles. The predicted octanol–water partition coefficient (Wildman–Crippen LogP) is 1.66. The minimum Gasteiger partial charge on any atom is -0.387 e. The number of hydrogen-bond donors (Lipinski definition) is 1. The molecule has 0 heterocycles. The number of aliphatic hydroxyl groups excluding tert-OH is 1. The molecular weight excluding hydrogens is 230 g/mol. The Hall–Kier alpha value is -0.940. The molecule has 0 aliphatic carbocycles. The van der Waals surface area contributed by atoms with Crippen molar-refractivity contribution in [3.8, 4) is 0 Å². The summed E-state index contributed by atoms with van der Waals surface area (Å²) in [6, 6.07) is 9.64. The van der Waals surface area contributed by atoms with Crippen LogP contribution in [0.4, 0.5) is 0 Å². The molecule has 4 nitrogen and oxygen atoms in total. The third-order valence-corrected chi connectivity index (χ3v) is 3.26. The number of methoxy groups -OCH3 is 2. The minimum atomic E-state index is -0.523. The molecule has 1 aromatic carbocycles. The Balaban J connectivity index is 2.60. The first-order valence-electron chi connectivity index (χ1n) is 6.09. The summed E-state index contributed by atoms with van der Waals surface area (Å²) < 4.78 is 10.3. The largest absolute Gasteiger partial charge is 0.387 e. The third-order valence-electron chi connectivity index (χ3n) is 3.26. The van der Waals surface area contributed by atoms with Gasteiger partial charge in [0.05, 0.1) is 6.10 Å². The zero-order valence-corrected chi connectivity index (χ0v) is 11.5. The average molecular weight is 253 g/mol. The van der Waals surface area contributed by atoms with Gasteiger partial charge >= 0.3 is 0 Å². The Morgan fingerprint density at radius 3 is 2.22 bits per heavy atom. The molecule has 0 bridgehead atoms. The Morgan fingerprint density at radius 2 is 1.72 bits per heavy atom. The fraction of sp³-hybridized carbons (Fsp3) is 0.571. The number of aliphatic hydroxyl groups is 1. The van der Waals surface area contributed by atoms with Crippen molar-refractivity contribution in [1.82, 2.24) is 4.90 Å². The lowest BCUT2D eigenvalue weighted by molar-refractivity contribution is -0.121. The maximum Gasteiger partial charge on any atom is 0.169 e. The van der Waals surface area contributed by atoms with Crippen molar-refractivity contribution in [3.63, 3.8) is 0 Å². The van der Waals surface area contributed by atoms with E-state index in [2.05, 4.69) is 0 Å². The first kappa shape index (κ1) is 15.1. The standard InChI is InChI=1S/C14H23NO3/c1-11(15(2)10-13(17-3)18-4)14(16)12-8-6-5-7-9-12/h5-9,11,13-14,16H,10H2,1-4H3/t11-,14-/m0/s1. The Kier molecular flexibility index (Phi) is 6.29. The van der Waals surface area contributed by atoms with Crippen LogP contribution in [0.2, 0.25) is 0 Å². The highest BCUT2D eigenvalue weighted by Crippen LogP contribution is 2.20. The van der Waals surface area contributed by atoms with Crippen molar-refractivity contribution in [3.05, 3.63) is 35.9 Å². The van der Waals surface area contributed by atoms with Gasteiger partial charge < -0.3 is 14.6 Å². The van der Waals surface area contributed by atoms with Gasteiger partial charge in [-0.05, 0) is 19.5 Å². The van der Waals surface area contributed by atoms with E-state index in [1.807, 2.05) is 49.2 Å². The van der Waals surface area contributed by atoms with Gasteiger partial charge in [-0.1, -0.05) is 30.3 Å². The van der Waals surface area contributed by atoms with Gasteiger partial charge in [0.2, 0.25) is 0 Å². The molecule has 0 unspecified atom stereocenters. The van der Waals surface area contributed by atoms with Crippen LogP contribution in [0.1, 0.15) is 18.6 Å². The SMILES string of the molecule is COC(CN(C)[C@@H](C)[C@H](O)c1ccccc1)OC. The molecule has 0 aliphatic heterocycles. The maximum absolute atomic E-state index is 10.3. The molecule has 2 atom stereocenters. The van der Waals surface area contributed by atoms with Crippen LogP contribution < -0.4 is 0 Å². The van der Waals surface area contributed by atoms with Crippen LogP contribution in [0.5, 0.6) is 0 Å². The van der Waals surface area contributed by atoms with E-state index in [1.54, 1.807) is 14.2 Å². The molecule has 0 radical (unpaired) electrons. The van der Waals surface area contributed by atoms with E-state index in [0.29, 0.717) is 6.54 Å². The van der Waals surface area contributed by atoms with Crippen molar-refractivity contribution in [2.24, 2.45) is 0 Å². The lowest BCUT2D eigenvalue weighted by atomic mass is 10.0. The molecule has 1 N–H and O–H groups in total. The van der Waals surface area contributed by atoms with Crippen LogP contribution in [-0.2, 0) is 9.47 Å². The van der Waals surface area contributed by atoms with Crippen molar-refractivity contribution in [2.45, 2.75) is 25.4 Å². The van der Waals surface area contributed by atoms with E-state index in [4.69, 9.17) is 9.47 Å². The van der Waals surface area contributed by atoms with Crippen LogP contribution in [-0.4, -0.2) is 50.2 Å². The molecule has 0 fully saturated rings. The summed E-state index contributed by atoms with van der Waals surface area (Å²) in [4.78, 5) is 2.02. The molecule has 18 heavy (non-hydrogen) atoms. The van der Waals surface area contributed by atoms with Crippen molar-refractivity contribution in [1.29, 1.82) is 0 Å². The fourth-order valence-electron chi connectivity index (χ4n) is 1.82. The van der Waals surface area contributed by atoms with Gasteiger partial charge in [-0.15, -0.1) is 0 Å². The van der Waals surface area contributed by atoms with Crippen LogP contribution >= 0.6 is 0 Å². The van der Waals surface area contributed by atoms with Crippen LogP contribution in [0.25, 0.3) is 0 Å². The summed E-state index contributed by atoms with van der Waals surface area (Å²) in [5, 5.41) is 10.3.